The third kappa shape index (κ3) is 1.32. The third-order valence-corrected chi connectivity index (χ3v) is 3.59. The van der Waals surface area contributed by atoms with E-state index in [4.69, 9.17) is 0 Å². The van der Waals surface area contributed by atoms with Crippen molar-refractivity contribution in [3.8, 4) is 0 Å². The quantitative estimate of drug-likeness (QED) is 0.604. The van der Waals surface area contributed by atoms with Gasteiger partial charge in [0.1, 0.15) is 5.83 Å². The molecule has 0 aliphatic carbocycles. The molecule has 0 amide bonds. The fourth-order valence-corrected chi connectivity index (χ4v) is 2.64. The Kier molecular flexibility index (Phi) is 2.18. The summed E-state index contributed by atoms with van der Waals surface area (Å²) in [6, 6.07) is 0.720. The van der Waals surface area contributed by atoms with Crippen LogP contribution in [0, 0.1) is 5.92 Å². The summed E-state index contributed by atoms with van der Waals surface area (Å²) in [4.78, 5) is 2.21. The van der Waals surface area contributed by atoms with Crippen LogP contribution in [0.15, 0.2) is 11.4 Å². The molecule has 0 spiro atoms. The summed E-state index contributed by atoms with van der Waals surface area (Å²) in [7, 11) is 2.05. The van der Waals surface area contributed by atoms with E-state index in [-0.39, 0.29) is 11.9 Å². The molecule has 1 fully saturated rings. The van der Waals surface area contributed by atoms with Crippen molar-refractivity contribution in [2.24, 2.45) is 5.92 Å². The third-order valence-electron chi connectivity index (χ3n) is 3.59. The molecule has 0 aromatic heterocycles. The summed E-state index contributed by atoms with van der Waals surface area (Å²) >= 11 is 0. The van der Waals surface area contributed by atoms with Crippen molar-refractivity contribution in [1.82, 2.24) is 4.90 Å². The largest absolute Gasteiger partial charge is 0.294 e. The molecule has 2 atom stereocenters. The minimum absolute atomic E-state index is 0.108. The summed E-state index contributed by atoms with van der Waals surface area (Å²) in [6.07, 6.45) is 3.14. The number of likely N-dealkylation sites (N-methyl/N-ethyl adjacent to an activating group) is 1. The van der Waals surface area contributed by atoms with E-state index in [1.807, 2.05) is 0 Å². The van der Waals surface area contributed by atoms with Crippen molar-refractivity contribution < 1.29 is 4.39 Å². The SMILES string of the molecule is CC(C)C1=C(F)[C@@H]2CC[C@H](C1)N2C. The lowest BCUT2D eigenvalue weighted by atomic mass is 9.92. The van der Waals surface area contributed by atoms with Crippen molar-refractivity contribution in [2.45, 2.75) is 45.2 Å². The Morgan fingerprint density at radius 2 is 2.08 bits per heavy atom. The standard InChI is InChI=1S/C11H18FN/c1-7(2)9-6-8-4-5-10(11(9)12)13(8)3/h7-8,10H,4-6H2,1-3H3/t8-,10+/m1/s1. The van der Waals surface area contributed by atoms with Crippen molar-refractivity contribution in [1.29, 1.82) is 0 Å². The van der Waals surface area contributed by atoms with Gasteiger partial charge < -0.3 is 0 Å². The Balaban J connectivity index is 2.30. The van der Waals surface area contributed by atoms with Gasteiger partial charge in [-0.3, -0.25) is 4.90 Å². The first-order valence-electron chi connectivity index (χ1n) is 5.21. The zero-order valence-electron chi connectivity index (χ0n) is 8.68. The molecule has 2 rings (SSSR count). The Labute approximate surface area is 79.6 Å². The second-order valence-corrected chi connectivity index (χ2v) is 4.64. The average Bonchev–Trinajstić information content (AvgIpc) is 2.29. The minimum Gasteiger partial charge on any atom is -0.294 e. The lowest BCUT2D eigenvalue weighted by Crippen LogP contribution is -2.37. The number of rotatable bonds is 1. The summed E-state index contributed by atoms with van der Waals surface area (Å²) in [5, 5.41) is 0. The van der Waals surface area contributed by atoms with E-state index < -0.39 is 0 Å². The van der Waals surface area contributed by atoms with Crippen LogP contribution in [-0.4, -0.2) is 24.0 Å². The number of hydrogen-bond donors (Lipinski definition) is 0. The highest BCUT2D eigenvalue weighted by Crippen LogP contribution is 2.40. The normalized spacial score (nSPS) is 34.8. The lowest BCUT2D eigenvalue weighted by Gasteiger charge is -2.33. The van der Waals surface area contributed by atoms with Gasteiger partial charge >= 0.3 is 0 Å². The van der Waals surface area contributed by atoms with Gasteiger partial charge in [-0.2, -0.15) is 0 Å². The number of fused-ring (bicyclic) bond motifs is 2. The van der Waals surface area contributed by atoms with Crippen LogP contribution in [0.3, 0.4) is 0 Å². The van der Waals surface area contributed by atoms with Crippen LogP contribution >= 0.6 is 0 Å². The van der Waals surface area contributed by atoms with E-state index >= 15 is 0 Å². The molecule has 74 valence electrons. The molecule has 0 saturated carbocycles. The van der Waals surface area contributed by atoms with Gasteiger partial charge in [0, 0.05) is 6.04 Å². The van der Waals surface area contributed by atoms with E-state index in [1.165, 1.54) is 6.42 Å². The van der Waals surface area contributed by atoms with Crippen molar-refractivity contribution in [2.75, 3.05) is 7.05 Å². The first-order valence-corrected chi connectivity index (χ1v) is 5.21. The van der Waals surface area contributed by atoms with Gasteiger partial charge in [-0.25, -0.2) is 4.39 Å². The number of nitrogens with zero attached hydrogens (tertiary/aromatic N) is 1. The second kappa shape index (κ2) is 3.09. The highest BCUT2D eigenvalue weighted by Gasteiger charge is 2.39. The van der Waals surface area contributed by atoms with E-state index in [9.17, 15) is 4.39 Å². The van der Waals surface area contributed by atoms with Crippen LogP contribution in [-0.2, 0) is 0 Å². The van der Waals surface area contributed by atoms with Crippen LogP contribution in [0.2, 0.25) is 0 Å². The van der Waals surface area contributed by atoms with Crippen molar-refractivity contribution in [3.63, 3.8) is 0 Å². The van der Waals surface area contributed by atoms with Gasteiger partial charge in [-0.05, 0) is 37.8 Å². The molecule has 2 heteroatoms. The van der Waals surface area contributed by atoms with E-state index in [2.05, 4.69) is 25.8 Å². The fourth-order valence-electron chi connectivity index (χ4n) is 2.64. The molecule has 1 nitrogen and oxygen atoms in total. The monoisotopic (exact) mass is 183 g/mol. The van der Waals surface area contributed by atoms with Gasteiger partial charge in [-0.15, -0.1) is 0 Å². The molecular weight excluding hydrogens is 165 g/mol. The Morgan fingerprint density at radius 1 is 1.38 bits per heavy atom. The molecule has 1 saturated heterocycles. The zero-order valence-corrected chi connectivity index (χ0v) is 8.68. The lowest BCUT2D eigenvalue weighted by molar-refractivity contribution is 0.211. The maximum atomic E-state index is 13.9. The molecule has 2 bridgehead atoms. The molecule has 0 aromatic rings. The molecule has 2 heterocycles. The molecule has 2 aliphatic heterocycles. The van der Waals surface area contributed by atoms with Crippen LogP contribution in [0.4, 0.5) is 4.39 Å². The predicted molar refractivity (Wildman–Crippen MR) is 52.2 cm³/mol. The van der Waals surface area contributed by atoms with Crippen LogP contribution in [0.25, 0.3) is 0 Å². The molecule has 0 radical (unpaired) electrons. The maximum absolute atomic E-state index is 13.9. The van der Waals surface area contributed by atoms with Crippen LogP contribution in [0.1, 0.15) is 33.1 Å². The number of hydrogen-bond acceptors (Lipinski definition) is 1. The Hall–Kier alpha value is -0.370. The first kappa shape index (κ1) is 9.20. The smallest absolute Gasteiger partial charge is 0.117 e. The second-order valence-electron chi connectivity index (χ2n) is 4.64. The van der Waals surface area contributed by atoms with E-state index in [1.54, 1.807) is 0 Å². The molecular formula is C11H18FN. The van der Waals surface area contributed by atoms with Gasteiger partial charge in [0.15, 0.2) is 0 Å². The molecule has 0 unspecified atom stereocenters. The highest BCUT2D eigenvalue weighted by molar-refractivity contribution is 5.23. The predicted octanol–water partition coefficient (Wildman–Crippen LogP) is 2.73. The summed E-state index contributed by atoms with van der Waals surface area (Å²) in [6.45, 7) is 4.19. The summed E-state index contributed by atoms with van der Waals surface area (Å²) in [5.74, 6) is 0.558. The van der Waals surface area contributed by atoms with E-state index in [0.717, 1.165) is 18.4 Å². The van der Waals surface area contributed by atoms with Gasteiger partial charge in [-0.1, -0.05) is 13.8 Å². The van der Waals surface area contributed by atoms with Crippen molar-refractivity contribution in [3.05, 3.63) is 11.4 Å². The van der Waals surface area contributed by atoms with Gasteiger partial charge in [0.25, 0.3) is 0 Å². The Bertz CT molecular complexity index is 244. The molecule has 2 aliphatic rings. The summed E-state index contributed by atoms with van der Waals surface area (Å²) < 4.78 is 13.9. The Morgan fingerprint density at radius 3 is 2.69 bits per heavy atom. The minimum atomic E-state index is 0.108. The maximum Gasteiger partial charge on any atom is 0.117 e. The molecule has 0 aromatic carbocycles. The zero-order chi connectivity index (χ0) is 9.59. The van der Waals surface area contributed by atoms with E-state index in [0.29, 0.717) is 12.0 Å². The van der Waals surface area contributed by atoms with Crippen LogP contribution < -0.4 is 0 Å². The van der Waals surface area contributed by atoms with Gasteiger partial charge in [0.05, 0.1) is 6.04 Å². The van der Waals surface area contributed by atoms with Crippen molar-refractivity contribution >= 4 is 0 Å². The first-order chi connectivity index (χ1) is 6.11. The molecule has 0 N–H and O–H groups in total. The van der Waals surface area contributed by atoms with Crippen LogP contribution in [0.5, 0.6) is 0 Å². The summed E-state index contributed by atoms with van der Waals surface area (Å²) in [5.41, 5.74) is 1.07. The highest BCUT2D eigenvalue weighted by atomic mass is 19.1. The molecule has 13 heavy (non-hydrogen) atoms. The average molecular weight is 183 g/mol. The number of halogens is 1. The topological polar surface area (TPSA) is 3.24 Å². The van der Waals surface area contributed by atoms with Gasteiger partial charge in [0.2, 0.25) is 0 Å². The fraction of sp³-hybridized carbons (Fsp3) is 0.818.